The molecule has 4 N–H and O–H groups in total. The van der Waals surface area contributed by atoms with Crippen LogP contribution in [-0.4, -0.2) is 24.4 Å². The van der Waals surface area contributed by atoms with Crippen molar-refractivity contribution >= 4 is 43.3 Å². The van der Waals surface area contributed by atoms with Crippen molar-refractivity contribution in [2.45, 2.75) is 49.6 Å². The average molecular weight is 494 g/mol. The number of nitrogens with two attached hydrogens (primary N) is 1. The summed E-state index contributed by atoms with van der Waals surface area (Å²) in [6.07, 6.45) is 6.04. The van der Waals surface area contributed by atoms with Crippen LogP contribution in [0.25, 0.3) is 21.3 Å². The summed E-state index contributed by atoms with van der Waals surface area (Å²) in [6, 6.07) is 17.2. The zero-order valence-corrected chi connectivity index (χ0v) is 20.3. The van der Waals surface area contributed by atoms with Crippen molar-refractivity contribution in [1.29, 1.82) is 0 Å². The average Bonchev–Trinajstić information content (AvgIpc) is 3.28. The molecule has 0 unspecified atom stereocenters. The summed E-state index contributed by atoms with van der Waals surface area (Å²) in [5.74, 6) is 1.41. The predicted molar refractivity (Wildman–Crippen MR) is 138 cm³/mol. The van der Waals surface area contributed by atoms with Gasteiger partial charge in [-0.2, -0.15) is 4.98 Å². The Morgan fingerprint density at radius 1 is 0.971 bits per heavy atom. The molecule has 0 saturated heterocycles. The van der Waals surface area contributed by atoms with Crippen LogP contribution in [0.15, 0.2) is 64.9 Å². The van der Waals surface area contributed by atoms with Gasteiger partial charge in [-0.3, -0.25) is 0 Å². The van der Waals surface area contributed by atoms with E-state index < -0.39 is 10.0 Å². The summed E-state index contributed by atoms with van der Waals surface area (Å²) in [5, 5.41) is 15.4. The molecular formula is C25H27N5O2S2. The second-order valence-electron chi connectivity index (χ2n) is 8.61. The molecule has 0 aliphatic heterocycles. The monoisotopic (exact) mass is 493 g/mol. The molecule has 34 heavy (non-hydrogen) atoms. The van der Waals surface area contributed by atoms with E-state index in [1.165, 1.54) is 31.4 Å². The van der Waals surface area contributed by atoms with Gasteiger partial charge in [-0.15, -0.1) is 11.3 Å². The largest absolute Gasteiger partial charge is 0.365 e. The van der Waals surface area contributed by atoms with Crippen molar-refractivity contribution in [3.05, 3.63) is 65.5 Å². The Morgan fingerprint density at radius 3 is 2.41 bits per heavy atom. The van der Waals surface area contributed by atoms with Crippen molar-refractivity contribution in [2.24, 2.45) is 5.14 Å². The number of rotatable bonds is 7. The van der Waals surface area contributed by atoms with Crippen LogP contribution in [0.1, 0.15) is 37.7 Å². The van der Waals surface area contributed by atoms with E-state index >= 15 is 0 Å². The van der Waals surface area contributed by atoms with Crippen LogP contribution >= 0.6 is 11.3 Å². The highest BCUT2D eigenvalue weighted by Gasteiger charge is 2.19. The second kappa shape index (κ2) is 9.69. The van der Waals surface area contributed by atoms with Gasteiger partial charge in [0.2, 0.25) is 16.0 Å². The molecule has 1 aliphatic carbocycles. The van der Waals surface area contributed by atoms with Crippen molar-refractivity contribution in [3.8, 4) is 11.1 Å². The molecule has 176 valence electrons. The molecule has 2 heterocycles. The first-order valence-corrected chi connectivity index (χ1v) is 13.9. The Balaban J connectivity index is 1.48. The van der Waals surface area contributed by atoms with Crippen LogP contribution in [0, 0.1) is 0 Å². The lowest BCUT2D eigenvalue weighted by Crippen LogP contribution is -2.23. The molecule has 5 rings (SSSR count). The number of nitrogens with one attached hydrogen (secondary N) is 2. The van der Waals surface area contributed by atoms with Crippen molar-refractivity contribution in [2.75, 3.05) is 10.6 Å². The van der Waals surface area contributed by atoms with Gasteiger partial charge in [0, 0.05) is 23.5 Å². The molecule has 1 saturated carbocycles. The van der Waals surface area contributed by atoms with Crippen molar-refractivity contribution < 1.29 is 8.42 Å². The number of hydrogen-bond donors (Lipinski definition) is 3. The SMILES string of the molecule is NS(=O)(=O)c1ccc(CNc2nc(NC3CCCCC3)nc3scc(-c4ccccc4)c23)cc1. The first-order valence-electron chi connectivity index (χ1n) is 11.4. The minimum atomic E-state index is -3.71. The Bertz CT molecular complexity index is 1380. The van der Waals surface area contributed by atoms with E-state index in [0.29, 0.717) is 18.5 Å². The first kappa shape index (κ1) is 22.8. The summed E-state index contributed by atoms with van der Waals surface area (Å²) in [6.45, 7) is 0.490. The summed E-state index contributed by atoms with van der Waals surface area (Å²) in [5.41, 5.74) is 3.14. The van der Waals surface area contributed by atoms with E-state index in [1.54, 1.807) is 23.5 Å². The highest BCUT2D eigenvalue weighted by atomic mass is 32.2. The van der Waals surface area contributed by atoms with E-state index in [4.69, 9.17) is 15.1 Å². The molecule has 0 bridgehead atoms. The quantitative estimate of drug-likeness (QED) is 0.320. The third kappa shape index (κ3) is 5.06. The molecule has 4 aromatic rings. The summed E-state index contributed by atoms with van der Waals surface area (Å²) in [4.78, 5) is 10.8. The zero-order chi connectivity index (χ0) is 23.5. The number of aromatic nitrogens is 2. The van der Waals surface area contributed by atoms with Crippen LogP contribution in [0.5, 0.6) is 0 Å². The van der Waals surface area contributed by atoms with Gasteiger partial charge in [-0.05, 0) is 36.1 Å². The zero-order valence-electron chi connectivity index (χ0n) is 18.7. The fraction of sp³-hybridized carbons (Fsp3) is 0.280. The smallest absolute Gasteiger partial charge is 0.238 e. The van der Waals surface area contributed by atoms with Gasteiger partial charge in [-0.25, -0.2) is 18.5 Å². The maximum absolute atomic E-state index is 11.6. The number of sulfonamides is 1. The lowest BCUT2D eigenvalue weighted by molar-refractivity contribution is 0.461. The van der Waals surface area contributed by atoms with E-state index in [0.717, 1.165) is 45.6 Å². The predicted octanol–water partition coefficient (Wildman–Crippen LogP) is 5.36. The topological polar surface area (TPSA) is 110 Å². The number of nitrogens with zero attached hydrogens (tertiary/aromatic N) is 2. The second-order valence-corrected chi connectivity index (χ2v) is 11.0. The van der Waals surface area contributed by atoms with Crippen molar-refractivity contribution in [1.82, 2.24) is 9.97 Å². The third-order valence-corrected chi connectivity index (χ3v) is 7.97. The number of anilines is 2. The van der Waals surface area contributed by atoms with Crippen LogP contribution in [0.4, 0.5) is 11.8 Å². The van der Waals surface area contributed by atoms with Gasteiger partial charge < -0.3 is 10.6 Å². The van der Waals surface area contributed by atoms with E-state index in [2.05, 4.69) is 28.1 Å². The fourth-order valence-corrected chi connectivity index (χ4v) is 5.84. The van der Waals surface area contributed by atoms with Crippen molar-refractivity contribution in [3.63, 3.8) is 0 Å². The first-order chi connectivity index (χ1) is 16.5. The minimum Gasteiger partial charge on any atom is -0.365 e. The Morgan fingerprint density at radius 2 is 1.71 bits per heavy atom. The van der Waals surface area contributed by atoms with Gasteiger partial charge in [0.1, 0.15) is 10.6 Å². The van der Waals surface area contributed by atoms with E-state index in [-0.39, 0.29) is 4.90 Å². The van der Waals surface area contributed by atoms with Gasteiger partial charge >= 0.3 is 0 Å². The normalized spacial score (nSPS) is 14.9. The third-order valence-electron chi connectivity index (χ3n) is 6.17. The standard InChI is InChI=1S/C25H27N5O2S2/c26-34(31,32)20-13-11-17(12-14-20)15-27-23-22-21(18-7-3-1-4-8-18)16-33-24(22)30-25(29-23)28-19-9-5-2-6-10-19/h1,3-4,7-8,11-14,16,19H,2,5-6,9-10,15H2,(H2,26,31,32)(H2,27,28,29,30). The van der Waals surface area contributed by atoms with Gasteiger partial charge in [0.25, 0.3) is 0 Å². The molecule has 1 aliphatic rings. The number of hydrogen-bond acceptors (Lipinski definition) is 7. The molecule has 9 heteroatoms. The molecule has 0 spiro atoms. The fourth-order valence-electron chi connectivity index (χ4n) is 4.38. The molecule has 0 atom stereocenters. The summed E-state index contributed by atoms with van der Waals surface area (Å²) in [7, 11) is -3.71. The summed E-state index contributed by atoms with van der Waals surface area (Å²) >= 11 is 1.61. The van der Waals surface area contributed by atoms with Crippen LogP contribution in [0.2, 0.25) is 0 Å². The Labute approximate surface area is 203 Å². The van der Waals surface area contributed by atoms with Crippen LogP contribution < -0.4 is 15.8 Å². The molecule has 7 nitrogen and oxygen atoms in total. The molecule has 0 radical (unpaired) electrons. The van der Waals surface area contributed by atoms with Gasteiger partial charge in [0.05, 0.1) is 10.3 Å². The van der Waals surface area contributed by atoms with E-state index in [9.17, 15) is 8.42 Å². The number of thiophene rings is 1. The number of benzene rings is 2. The van der Waals surface area contributed by atoms with Crippen LogP contribution in [0.3, 0.4) is 0 Å². The molecular weight excluding hydrogens is 466 g/mol. The highest BCUT2D eigenvalue weighted by molar-refractivity contribution is 7.89. The van der Waals surface area contributed by atoms with Gasteiger partial charge in [-0.1, -0.05) is 61.7 Å². The molecule has 0 amide bonds. The number of fused-ring (bicyclic) bond motifs is 1. The van der Waals surface area contributed by atoms with E-state index in [1.807, 2.05) is 18.2 Å². The molecule has 2 aromatic heterocycles. The Kier molecular flexibility index (Phi) is 6.49. The maximum Gasteiger partial charge on any atom is 0.238 e. The molecule has 1 fully saturated rings. The Hall–Kier alpha value is -3.01. The summed E-state index contributed by atoms with van der Waals surface area (Å²) < 4.78 is 23.1. The van der Waals surface area contributed by atoms with Crippen LogP contribution in [-0.2, 0) is 16.6 Å². The maximum atomic E-state index is 11.6. The van der Waals surface area contributed by atoms with Gasteiger partial charge in [0.15, 0.2) is 0 Å². The number of primary sulfonamides is 1. The highest BCUT2D eigenvalue weighted by Crippen LogP contribution is 2.38. The lowest BCUT2D eigenvalue weighted by atomic mass is 9.96. The lowest BCUT2D eigenvalue weighted by Gasteiger charge is -2.23. The molecule has 2 aromatic carbocycles. The minimum absolute atomic E-state index is 0.101.